The van der Waals surface area contributed by atoms with Crippen LogP contribution in [0.3, 0.4) is 0 Å². The lowest BCUT2D eigenvalue weighted by Crippen LogP contribution is -2.19. The first-order valence-electron chi connectivity index (χ1n) is 6.26. The number of nitrogens with one attached hydrogen (secondary N) is 1. The molecule has 0 aromatic heterocycles. The molecule has 4 nitrogen and oxygen atoms in total. The highest BCUT2D eigenvalue weighted by atomic mass is 79.9. The van der Waals surface area contributed by atoms with Crippen LogP contribution in [0.2, 0.25) is 0 Å². The normalized spacial score (nSPS) is 11.7. The summed E-state index contributed by atoms with van der Waals surface area (Å²) in [7, 11) is 0. The van der Waals surface area contributed by atoms with Crippen molar-refractivity contribution in [3.05, 3.63) is 29.8 Å². The molecule has 1 amide bonds. The molecule has 0 radical (unpaired) electrons. The van der Waals surface area contributed by atoms with Gasteiger partial charge < -0.3 is 10.1 Å². The number of ether oxygens (including phenoxy) is 1. The molecule has 0 spiro atoms. The second-order valence-electron chi connectivity index (χ2n) is 4.17. The van der Waals surface area contributed by atoms with E-state index in [0.717, 1.165) is 12.8 Å². The minimum atomic E-state index is -0.333. The Hall–Kier alpha value is -1.36. The van der Waals surface area contributed by atoms with Crippen molar-refractivity contribution in [1.29, 1.82) is 0 Å². The van der Waals surface area contributed by atoms with Crippen LogP contribution in [-0.4, -0.2) is 23.3 Å². The van der Waals surface area contributed by atoms with Crippen LogP contribution in [0.1, 0.15) is 37.0 Å². The summed E-state index contributed by atoms with van der Waals surface area (Å²) in [5, 5.41) is 2.72. The van der Waals surface area contributed by atoms with Gasteiger partial charge in [-0.2, -0.15) is 0 Å². The van der Waals surface area contributed by atoms with E-state index >= 15 is 0 Å². The number of carbonyl (C=O) groups excluding carboxylic acids is 2. The molecule has 1 aromatic carbocycles. The third-order valence-electron chi connectivity index (χ3n) is 2.48. The van der Waals surface area contributed by atoms with E-state index in [1.54, 1.807) is 31.2 Å². The number of hydrogen-bond donors (Lipinski definition) is 1. The molecule has 1 atom stereocenters. The molecule has 0 aliphatic heterocycles. The van der Waals surface area contributed by atoms with E-state index in [-0.39, 0.29) is 16.7 Å². The van der Waals surface area contributed by atoms with Crippen molar-refractivity contribution in [3.8, 4) is 0 Å². The quantitative estimate of drug-likeness (QED) is 0.495. The number of halogens is 1. The number of esters is 1. The van der Waals surface area contributed by atoms with Gasteiger partial charge in [-0.15, -0.1) is 0 Å². The summed E-state index contributed by atoms with van der Waals surface area (Å²) >= 11 is 3.18. The minimum absolute atomic E-state index is 0.127. The van der Waals surface area contributed by atoms with Gasteiger partial charge in [-0.05, 0) is 37.6 Å². The van der Waals surface area contributed by atoms with Gasteiger partial charge in [0.05, 0.1) is 17.0 Å². The topological polar surface area (TPSA) is 55.4 Å². The lowest BCUT2D eigenvalue weighted by Gasteiger charge is -2.08. The molecular weight excluding hydrogens is 310 g/mol. The Balaban J connectivity index is 2.56. The van der Waals surface area contributed by atoms with E-state index in [0.29, 0.717) is 17.9 Å². The molecule has 19 heavy (non-hydrogen) atoms. The largest absolute Gasteiger partial charge is 0.462 e. The van der Waals surface area contributed by atoms with Crippen molar-refractivity contribution in [3.63, 3.8) is 0 Å². The molecule has 0 fully saturated rings. The summed E-state index contributed by atoms with van der Waals surface area (Å²) in [6, 6.07) is 6.65. The van der Waals surface area contributed by atoms with Gasteiger partial charge in [-0.1, -0.05) is 29.3 Å². The predicted molar refractivity (Wildman–Crippen MR) is 78.7 cm³/mol. The van der Waals surface area contributed by atoms with Crippen molar-refractivity contribution in [1.82, 2.24) is 0 Å². The van der Waals surface area contributed by atoms with Crippen LogP contribution in [0.15, 0.2) is 24.3 Å². The number of rotatable bonds is 6. The van der Waals surface area contributed by atoms with E-state index in [4.69, 9.17) is 4.74 Å². The van der Waals surface area contributed by atoms with E-state index in [9.17, 15) is 9.59 Å². The summed E-state index contributed by atoms with van der Waals surface area (Å²) in [6.07, 6.45) is 1.85. The second-order valence-corrected chi connectivity index (χ2v) is 5.55. The summed E-state index contributed by atoms with van der Waals surface area (Å²) < 4.78 is 5.09. The average Bonchev–Trinajstić information content (AvgIpc) is 2.39. The van der Waals surface area contributed by atoms with Gasteiger partial charge in [0.2, 0.25) is 5.91 Å². The molecule has 5 heteroatoms. The number of hydrogen-bond acceptors (Lipinski definition) is 3. The van der Waals surface area contributed by atoms with Crippen LogP contribution < -0.4 is 5.32 Å². The molecule has 0 saturated carbocycles. The monoisotopic (exact) mass is 327 g/mol. The maximum atomic E-state index is 11.6. The first-order chi connectivity index (χ1) is 9.04. The summed E-state index contributed by atoms with van der Waals surface area (Å²) in [5.74, 6) is -0.460. The Bertz CT molecular complexity index is 429. The van der Waals surface area contributed by atoms with E-state index in [1.807, 2.05) is 6.92 Å². The summed E-state index contributed by atoms with van der Waals surface area (Å²) in [5.41, 5.74) is 1.14. The molecule has 1 aromatic rings. The average molecular weight is 328 g/mol. The fraction of sp³-hybridized carbons (Fsp3) is 0.429. The number of anilines is 1. The van der Waals surface area contributed by atoms with Crippen LogP contribution in [0.25, 0.3) is 0 Å². The molecule has 0 aliphatic rings. The SMILES string of the molecule is CCCCOC(=O)c1ccc(NC(=O)C(C)Br)cc1. The van der Waals surface area contributed by atoms with E-state index in [1.165, 1.54) is 0 Å². The van der Waals surface area contributed by atoms with Crippen molar-refractivity contribution in [2.75, 3.05) is 11.9 Å². The van der Waals surface area contributed by atoms with Crippen LogP contribution in [0, 0.1) is 0 Å². The maximum Gasteiger partial charge on any atom is 0.338 e. The Morgan fingerprint density at radius 2 is 1.95 bits per heavy atom. The van der Waals surface area contributed by atoms with Crippen LogP contribution in [0.5, 0.6) is 0 Å². The molecule has 104 valence electrons. The minimum Gasteiger partial charge on any atom is -0.462 e. The van der Waals surface area contributed by atoms with Crippen LogP contribution in [0.4, 0.5) is 5.69 Å². The molecule has 1 N–H and O–H groups in total. The van der Waals surface area contributed by atoms with Crippen molar-refractivity contribution < 1.29 is 14.3 Å². The number of alkyl halides is 1. The zero-order valence-electron chi connectivity index (χ0n) is 11.1. The third-order valence-corrected chi connectivity index (χ3v) is 2.90. The van der Waals surface area contributed by atoms with Gasteiger partial charge in [0, 0.05) is 5.69 Å². The van der Waals surface area contributed by atoms with Gasteiger partial charge >= 0.3 is 5.97 Å². The van der Waals surface area contributed by atoms with Crippen LogP contribution >= 0.6 is 15.9 Å². The first kappa shape index (κ1) is 15.7. The zero-order chi connectivity index (χ0) is 14.3. The van der Waals surface area contributed by atoms with E-state index in [2.05, 4.69) is 21.2 Å². The molecule has 0 bridgehead atoms. The lowest BCUT2D eigenvalue weighted by atomic mass is 10.2. The first-order valence-corrected chi connectivity index (χ1v) is 7.18. The van der Waals surface area contributed by atoms with Crippen molar-refractivity contribution in [2.45, 2.75) is 31.5 Å². The maximum absolute atomic E-state index is 11.6. The van der Waals surface area contributed by atoms with Gasteiger partial charge in [0.25, 0.3) is 0 Å². The molecule has 0 heterocycles. The van der Waals surface area contributed by atoms with Crippen molar-refractivity contribution in [2.24, 2.45) is 0 Å². The van der Waals surface area contributed by atoms with Gasteiger partial charge in [-0.3, -0.25) is 4.79 Å². The number of unbranched alkanes of at least 4 members (excludes halogenated alkanes) is 1. The van der Waals surface area contributed by atoms with Crippen LogP contribution in [-0.2, 0) is 9.53 Å². The molecule has 1 rings (SSSR count). The fourth-order valence-electron chi connectivity index (χ4n) is 1.32. The molecule has 1 unspecified atom stereocenters. The van der Waals surface area contributed by atoms with Gasteiger partial charge in [0.1, 0.15) is 0 Å². The molecule has 0 saturated heterocycles. The Labute approximate surface area is 121 Å². The highest BCUT2D eigenvalue weighted by Gasteiger charge is 2.10. The highest BCUT2D eigenvalue weighted by molar-refractivity contribution is 9.10. The smallest absolute Gasteiger partial charge is 0.338 e. The number of amides is 1. The molecular formula is C14H18BrNO3. The Kier molecular flexibility index (Phi) is 6.56. The third kappa shape index (κ3) is 5.42. The number of benzene rings is 1. The van der Waals surface area contributed by atoms with Crippen molar-refractivity contribution >= 4 is 33.5 Å². The fourth-order valence-corrected chi connectivity index (χ4v) is 1.44. The highest BCUT2D eigenvalue weighted by Crippen LogP contribution is 2.12. The zero-order valence-corrected chi connectivity index (χ0v) is 12.7. The predicted octanol–water partition coefficient (Wildman–Crippen LogP) is 3.37. The standard InChI is InChI=1S/C14H18BrNO3/c1-3-4-9-19-14(18)11-5-7-12(8-6-11)16-13(17)10(2)15/h5-8,10H,3-4,9H2,1-2H3,(H,16,17). The Morgan fingerprint density at radius 3 is 2.47 bits per heavy atom. The summed E-state index contributed by atoms with van der Waals surface area (Å²) in [4.78, 5) is 22.8. The lowest BCUT2D eigenvalue weighted by molar-refractivity contribution is -0.115. The van der Waals surface area contributed by atoms with E-state index < -0.39 is 0 Å². The molecule has 0 aliphatic carbocycles. The number of carbonyl (C=O) groups is 2. The Morgan fingerprint density at radius 1 is 1.32 bits per heavy atom. The summed E-state index contributed by atoms with van der Waals surface area (Å²) in [6.45, 7) is 4.22. The second kappa shape index (κ2) is 7.94. The van der Waals surface area contributed by atoms with Gasteiger partial charge in [-0.25, -0.2) is 4.79 Å². The van der Waals surface area contributed by atoms with Gasteiger partial charge in [0.15, 0.2) is 0 Å².